The van der Waals surface area contributed by atoms with Gasteiger partial charge in [0.25, 0.3) is 5.91 Å². The molecule has 1 fully saturated rings. The number of imide groups is 1. The van der Waals surface area contributed by atoms with Gasteiger partial charge < -0.3 is 25.2 Å². The molecule has 3 N–H and O–H groups in total. The Kier molecular flexibility index (Phi) is 6.91. The van der Waals surface area contributed by atoms with Gasteiger partial charge in [0, 0.05) is 11.3 Å². The Balaban J connectivity index is 1.80. The van der Waals surface area contributed by atoms with E-state index in [0.717, 1.165) is 12.1 Å². The summed E-state index contributed by atoms with van der Waals surface area (Å²) in [5, 5.41) is 14.0. The molecular weight excluding hydrogens is 437 g/mol. The van der Waals surface area contributed by atoms with E-state index in [4.69, 9.17) is 14.6 Å². The molecule has 172 valence electrons. The van der Waals surface area contributed by atoms with Gasteiger partial charge in [-0.15, -0.1) is 0 Å². The molecule has 0 radical (unpaired) electrons. The standard InChI is InChI=1S/C22H20FN3O7/c1-12(21(29)30)33-19-13(4-3-5-17(19)32-2)10-16-20(28)26(22(31)25-16)11-18(27)24-15-8-6-14(23)7-9-15/h3-10,12H,11H2,1-2H3,(H,24,27)(H,25,31)(H,29,30)/b16-10-/t12-/m0/s1. The molecule has 3 rings (SSSR count). The van der Waals surface area contributed by atoms with Crippen LogP contribution in [0.15, 0.2) is 48.2 Å². The lowest BCUT2D eigenvalue weighted by Gasteiger charge is -2.16. The molecule has 4 amide bonds. The lowest BCUT2D eigenvalue weighted by Crippen LogP contribution is -2.38. The largest absolute Gasteiger partial charge is 0.493 e. The number of urea groups is 1. The third kappa shape index (κ3) is 5.45. The van der Waals surface area contributed by atoms with Crippen LogP contribution in [0.2, 0.25) is 0 Å². The molecule has 11 heteroatoms. The number of amides is 4. The third-order valence-electron chi connectivity index (χ3n) is 4.56. The first kappa shape index (κ1) is 23.3. The first-order valence-corrected chi connectivity index (χ1v) is 9.66. The molecular formula is C22H20FN3O7. The maximum atomic E-state index is 13.0. The van der Waals surface area contributed by atoms with Crippen molar-refractivity contribution in [3.63, 3.8) is 0 Å². The number of benzene rings is 2. The van der Waals surface area contributed by atoms with Gasteiger partial charge in [0.05, 0.1) is 7.11 Å². The number of hydrogen-bond acceptors (Lipinski definition) is 6. The van der Waals surface area contributed by atoms with Crippen molar-refractivity contribution in [2.75, 3.05) is 19.0 Å². The van der Waals surface area contributed by atoms with Gasteiger partial charge in [-0.05, 0) is 43.3 Å². The predicted molar refractivity (Wildman–Crippen MR) is 114 cm³/mol. The van der Waals surface area contributed by atoms with Crippen molar-refractivity contribution in [3.8, 4) is 11.5 Å². The average Bonchev–Trinajstić information content (AvgIpc) is 3.03. The summed E-state index contributed by atoms with van der Waals surface area (Å²) in [6.45, 7) is 0.757. The van der Waals surface area contributed by atoms with E-state index in [0.29, 0.717) is 10.6 Å². The van der Waals surface area contributed by atoms with E-state index in [2.05, 4.69) is 10.6 Å². The van der Waals surface area contributed by atoms with Gasteiger partial charge >= 0.3 is 12.0 Å². The number of para-hydroxylation sites is 1. The van der Waals surface area contributed by atoms with Crippen molar-refractivity contribution in [3.05, 3.63) is 59.5 Å². The molecule has 2 aromatic rings. The Labute approximate surface area is 187 Å². The lowest BCUT2D eigenvalue weighted by atomic mass is 10.1. The molecule has 10 nitrogen and oxygen atoms in total. The monoisotopic (exact) mass is 457 g/mol. The van der Waals surface area contributed by atoms with E-state index < -0.39 is 42.3 Å². The summed E-state index contributed by atoms with van der Waals surface area (Å²) in [4.78, 5) is 49.1. The van der Waals surface area contributed by atoms with E-state index in [9.17, 15) is 23.6 Å². The fourth-order valence-corrected chi connectivity index (χ4v) is 2.91. The normalized spacial score (nSPS) is 15.2. The minimum absolute atomic E-state index is 0.0666. The second-order valence-corrected chi connectivity index (χ2v) is 6.91. The quantitative estimate of drug-likeness (QED) is 0.409. The summed E-state index contributed by atoms with van der Waals surface area (Å²) in [5.74, 6) is -2.82. The molecule has 33 heavy (non-hydrogen) atoms. The highest BCUT2D eigenvalue weighted by atomic mass is 19.1. The number of hydrogen-bond donors (Lipinski definition) is 3. The molecule has 1 aliphatic rings. The Morgan fingerprint density at radius 1 is 1.21 bits per heavy atom. The van der Waals surface area contributed by atoms with Crippen LogP contribution in [-0.4, -0.2) is 53.6 Å². The molecule has 0 spiro atoms. The highest BCUT2D eigenvalue weighted by molar-refractivity contribution is 6.16. The van der Waals surface area contributed by atoms with Crippen molar-refractivity contribution >= 4 is 35.6 Å². The molecule has 1 atom stereocenters. The molecule has 1 aliphatic heterocycles. The Morgan fingerprint density at radius 2 is 1.91 bits per heavy atom. The molecule has 0 bridgehead atoms. The van der Waals surface area contributed by atoms with Gasteiger partial charge in [0.1, 0.15) is 18.1 Å². The summed E-state index contributed by atoms with van der Waals surface area (Å²) in [7, 11) is 1.37. The van der Waals surface area contributed by atoms with Crippen molar-refractivity contribution in [2.45, 2.75) is 13.0 Å². The molecule has 0 aromatic heterocycles. The van der Waals surface area contributed by atoms with Crippen molar-refractivity contribution in [1.29, 1.82) is 0 Å². The fourth-order valence-electron chi connectivity index (χ4n) is 2.91. The summed E-state index contributed by atoms with van der Waals surface area (Å²) in [6.07, 6.45) is 0.0869. The number of rotatable bonds is 8. The Bertz CT molecular complexity index is 1130. The molecule has 0 saturated carbocycles. The van der Waals surface area contributed by atoms with Crippen molar-refractivity contribution in [2.24, 2.45) is 0 Å². The van der Waals surface area contributed by atoms with Gasteiger partial charge in [0.15, 0.2) is 17.6 Å². The first-order valence-electron chi connectivity index (χ1n) is 9.66. The number of halogens is 1. The summed E-state index contributed by atoms with van der Waals surface area (Å²) in [6, 6.07) is 8.87. The van der Waals surface area contributed by atoms with Gasteiger partial charge in [-0.1, -0.05) is 12.1 Å². The summed E-state index contributed by atoms with van der Waals surface area (Å²) < 4.78 is 23.7. The smallest absolute Gasteiger partial charge is 0.344 e. The molecule has 1 saturated heterocycles. The third-order valence-corrected chi connectivity index (χ3v) is 4.56. The SMILES string of the molecule is COc1cccc(/C=C2\NC(=O)N(CC(=O)Nc3ccc(F)cc3)C2=O)c1O[C@@H](C)C(=O)O. The van der Waals surface area contributed by atoms with Crippen LogP contribution in [0.4, 0.5) is 14.9 Å². The number of anilines is 1. The minimum Gasteiger partial charge on any atom is -0.493 e. The summed E-state index contributed by atoms with van der Waals surface area (Å²) in [5.41, 5.74) is 0.439. The number of methoxy groups -OCH3 is 1. The van der Waals surface area contributed by atoms with E-state index in [1.165, 1.54) is 32.2 Å². The number of carbonyl (C=O) groups excluding carboxylic acids is 3. The number of nitrogens with one attached hydrogen (secondary N) is 2. The number of carboxylic acid groups (broad SMARTS) is 1. The van der Waals surface area contributed by atoms with Gasteiger partial charge in [-0.25, -0.2) is 18.9 Å². The highest BCUT2D eigenvalue weighted by Gasteiger charge is 2.35. The average molecular weight is 457 g/mol. The zero-order valence-electron chi connectivity index (χ0n) is 17.6. The number of nitrogens with zero attached hydrogens (tertiary/aromatic N) is 1. The second-order valence-electron chi connectivity index (χ2n) is 6.91. The van der Waals surface area contributed by atoms with E-state index in [-0.39, 0.29) is 22.8 Å². The van der Waals surface area contributed by atoms with Crippen LogP contribution in [0.1, 0.15) is 12.5 Å². The molecule has 0 unspecified atom stereocenters. The maximum absolute atomic E-state index is 13.0. The van der Waals surface area contributed by atoms with Gasteiger partial charge in [-0.2, -0.15) is 0 Å². The van der Waals surface area contributed by atoms with Crippen LogP contribution < -0.4 is 20.1 Å². The van der Waals surface area contributed by atoms with Crippen molar-refractivity contribution < 1.29 is 38.1 Å². The fraction of sp³-hybridized carbons (Fsp3) is 0.182. The molecule has 0 aliphatic carbocycles. The number of ether oxygens (including phenoxy) is 2. The van der Waals surface area contributed by atoms with E-state index in [1.807, 2.05) is 0 Å². The topological polar surface area (TPSA) is 134 Å². The van der Waals surface area contributed by atoms with Crippen LogP contribution in [0.3, 0.4) is 0 Å². The number of carboxylic acids is 1. The molecule has 2 aromatic carbocycles. The minimum atomic E-state index is -1.21. The first-order chi connectivity index (χ1) is 15.7. The van der Waals surface area contributed by atoms with Gasteiger partial charge in [-0.3, -0.25) is 9.59 Å². The van der Waals surface area contributed by atoms with Crippen LogP contribution >= 0.6 is 0 Å². The maximum Gasteiger partial charge on any atom is 0.344 e. The van der Waals surface area contributed by atoms with Crippen LogP contribution in [-0.2, 0) is 14.4 Å². The lowest BCUT2D eigenvalue weighted by molar-refractivity contribution is -0.144. The number of carbonyl (C=O) groups is 4. The van der Waals surface area contributed by atoms with Crippen LogP contribution in [0.25, 0.3) is 6.08 Å². The van der Waals surface area contributed by atoms with E-state index in [1.54, 1.807) is 18.2 Å². The van der Waals surface area contributed by atoms with Crippen molar-refractivity contribution in [1.82, 2.24) is 10.2 Å². The van der Waals surface area contributed by atoms with Crippen LogP contribution in [0.5, 0.6) is 11.5 Å². The Morgan fingerprint density at radius 3 is 2.55 bits per heavy atom. The number of aliphatic carboxylic acids is 1. The predicted octanol–water partition coefficient (Wildman–Crippen LogP) is 2.22. The van der Waals surface area contributed by atoms with Crippen LogP contribution in [0, 0.1) is 5.82 Å². The zero-order chi connectivity index (χ0) is 24.1. The summed E-state index contributed by atoms with van der Waals surface area (Å²) >= 11 is 0. The molecule has 1 heterocycles. The Hall–Kier alpha value is -4.41. The zero-order valence-corrected chi connectivity index (χ0v) is 17.6. The van der Waals surface area contributed by atoms with E-state index >= 15 is 0 Å². The highest BCUT2D eigenvalue weighted by Crippen LogP contribution is 2.34. The van der Waals surface area contributed by atoms with Gasteiger partial charge in [0.2, 0.25) is 5.91 Å². The second kappa shape index (κ2) is 9.81.